The molecule has 3 rings (SSSR count). The summed E-state index contributed by atoms with van der Waals surface area (Å²) in [4.78, 5) is 24.9. The van der Waals surface area contributed by atoms with Crippen molar-refractivity contribution in [3.05, 3.63) is 88.5 Å². The predicted octanol–water partition coefficient (Wildman–Crippen LogP) is 5.18. The summed E-state index contributed by atoms with van der Waals surface area (Å²) in [6.45, 7) is 5.58. The smallest absolute Gasteiger partial charge is 0.266 e. The summed E-state index contributed by atoms with van der Waals surface area (Å²) < 4.78 is 11.0. The molecule has 2 amide bonds. The highest BCUT2D eigenvalue weighted by atomic mass is 16.5. The molecular formula is C28H27N3O4. The van der Waals surface area contributed by atoms with Gasteiger partial charge in [0.25, 0.3) is 11.8 Å². The second-order valence-electron chi connectivity index (χ2n) is 8.06. The lowest BCUT2D eigenvalue weighted by molar-refractivity contribution is -0.118. The number of benzene rings is 3. The van der Waals surface area contributed by atoms with Crippen LogP contribution >= 0.6 is 0 Å². The van der Waals surface area contributed by atoms with E-state index in [1.807, 2.05) is 69.3 Å². The Morgan fingerprint density at radius 3 is 2.31 bits per heavy atom. The average Bonchev–Trinajstić information content (AvgIpc) is 2.85. The average molecular weight is 470 g/mol. The Morgan fingerprint density at radius 1 is 0.914 bits per heavy atom. The molecular weight excluding hydrogens is 442 g/mol. The highest BCUT2D eigenvalue weighted by Crippen LogP contribution is 2.29. The number of amides is 2. The summed E-state index contributed by atoms with van der Waals surface area (Å²) in [6, 6.07) is 20.0. The molecule has 0 atom stereocenters. The summed E-state index contributed by atoms with van der Waals surface area (Å²) >= 11 is 0. The van der Waals surface area contributed by atoms with Crippen LogP contribution in [0.4, 0.5) is 11.4 Å². The molecule has 0 radical (unpaired) electrons. The van der Waals surface area contributed by atoms with Crippen LogP contribution in [0.5, 0.6) is 11.5 Å². The van der Waals surface area contributed by atoms with E-state index in [4.69, 9.17) is 9.47 Å². The first-order valence-corrected chi connectivity index (χ1v) is 11.0. The summed E-state index contributed by atoms with van der Waals surface area (Å²) in [5.74, 6) is -0.0841. The van der Waals surface area contributed by atoms with Gasteiger partial charge in [-0.3, -0.25) is 9.59 Å². The first-order valence-electron chi connectivity index (χ1n) is 11.0. The van der Waals surface area contributed by atoms with Gasteiger partial charge in [-0.1, -0.05) is 35.9 Å². The number of nitrogens with zero attached hydrogens (tertiary/aromatic N) is 1. The predicted molar refractivity (Wildman–Crippen MR) is 136 cm³/mol. The van der Waals surface area contributed by atoms with Gasteiger partial charge in [0.05, 0.1) is 7.11 Å². The Morgan fingerprint density at radius 2 is 1.63 bits per heavy atom. The van der Waals surface area contributed by atoms with Crippen molar-refractivity contribution in [3.63, 3.8) is 0 Å². The van der Waals surface area contributed by atoms with Crippen molar-refractivity contribution in [3.8, 4) is 17.6 Å². The Bertz CT molecular complexity index is 1300. The maximum Gasteiger partial charge on any atom is 0.266 e. The van der Waals surface area contributed by atoms with Gasteiger partial charge in [-0.25, -0.2) is 0 Å². The number of hydrogen-bond donors (Lipinski definition) is 2. The SMILES string of the molecule is COc1cc(/C=C(\C#N)C(=O)Nc2cc(C)ccc2C)ccc1OCC(=O)Nc1ccc(C)cc1. The molecule has 7 heteroatoms. The van der Waals surface area contributed by atoms with Crippen molar-refractivity contribution in [2.75, 3.05) is 24.4 Å². The standard InChI is InChI=1S/C28H27N3O4/c1-18-6-10-23(11-7-18)30-27(32)17-35-25-12-9-21(15-26(25)34-4)14-22(16-29)28(33)31-24-13-19(2)5-8-20(24)3/h5-15H,17H2,1-4H3,(H,30,32)(H,31,33)/b22-14+. The van der Waals surface area contributed by atoms with Crippen LogP contribution in [0.25, 0.3) is 6.08 Å². The Kier molecular flexibility index (Phi) is 8.25. The van der Waals surface area contributed by atoms with Crippen molar-refractivity contribution in [2.45, 2.75) is 20.8 Å². The monoisotopic (exact) mass is 469 g/mol. The lowest BCUT2D eigenvalue weighted by Crippen LogP contribution is -2.20. The fourth-order valence-corrected chi connectivity index (χ4v) is 3.25. The third-order valence-corrected chi connectivity index (χ3v) is 5.20. The van der Waals surface area contributed by atoms with Gasteiger partial charge in [0.1, 0.15) is 11.6 Å². The van der Waals surface area contributed by atoms with Crippen molar-refractivity contribution in [2.24, 2.45) is 0 Å². The van der Waals surface area contributed by atoms with Crippen molar-refractivity contribution in [1.29, 1.82) is 5.26 Å². The first-order chi connectivity index (χ1) is 16.8. The number of nitrogens with one attached hydrogen (secondary N) is 2. The summed E-state index contributed by atoms with van der Waals surface area (Å²) in [5.41, 5.74) is 4.85. The van der Waals surface area contributed by atoms with Crippen LogP contribution in [-0.2, 0) is 9.59 Å². The molecule has 3 aromatic carbocycles. The molecule has 35 heavy (non-hydrogen) atoms. The molecule has 0 bridgehead atoms. The van der Waals surface area contributed by atoms with E-state index in [-0.39, 0.29) is 18.1 Å². The van der Waals surface area contributed by atoms with E-state index in [0.717, 1.165) is 16.7 Å². The van der Waals surface area contributed by atoms with Crippen LogP contribution in [0.1, 0.15) is 22.3 Å². The maximum absolute atomic E-state index is 12.7. The molecule has 0 spiro atoms. The van der Waals surface area contributed by atoms with E-state index in [0.29, 0.717) is 28.4 Å². The van der Waals surface area contributed by atoms with Gasteiger partial charge in [0, 0.05) is 11.4 Å². The Hall–Kier alpha value is -4.57. The topological polar surface area (TPSA) is 100 Å². The van der Waals surface area contributed by atoms with Gasteiger partial charge >= 0.3 is 0 Å². The number of carbonyl (C=O) groups excluding carboxylic acids is 2. The molecule has 178 valence electrons. The highest BCUT2D eigenvalue weighted by Gasteiger charge is 2.13. The molecule has 7 nitrogen and oxygen atoms in total. The van der Waals surface area contributed by atoms with Crippen LogP contribution in [-0.4, -0.2) is 25.5 Å². The molecule has 0 aromatic heterocycles. The van der Waals surface area contributed by atoms with E-state index < -0.39 is 5.91 Å². The number of nitriles is 1. The quantitative estimate of drug-likeness (QED) is 0.350. The van der Waals surface area contributed by atoms with E-state index in [9.17, 15) is 14.9 Å². The molecule has 2 N–H and O–H groups in total. The molecule has 0 aliphatic rings. The van der Waals surface area contributed by atoms with Crippen LogP contribution in [0, 0.1) is 32.1 Å². The highest BCUT2D eigenvalue weighted by molar-refractivity contribution is 6.10. The fourth-order valence-electron chi connectivity index (χ4n) is 3.25. The fraction of sp³-hybridized carbons (Fsp3) is 0.179. The van der Waals surface area contributed by atoms with Gasteiger partial charge in [0.2, 0.25) is 0 Å². The minimum absolute atomic E-state index is 0.0564. The number of carbonyl (C=O) groups is 2. The molecule has 0 saturated carbocycles. The lowest BCUT2D eigenvalue weighted by atomic mass is 10.1. The van der Waals surface area contributed by atoms with E-state index in [1.165, 1.54) is 13.2 Å². The molecule has 0 unspecified atom stereocenters. The largest absolute Gasteiger partial charge is 0.493 e. The van der Waals surface area contributed by atoms with Gasteiger partial charge < -0.3 is 20.1 Å². The van der Waals surface area contributed by atoms with Crippen LogP contribution in [0.2, 0.25) is 0 Å². The summed E-state index contributed by atoms with van der Waals surface area (Å²) in [7, 11) is 1.47. The summed E-state index contributed by atoms with van der Waals surface area (Å²) in [5, 5.41) is 15.1. The van der Waals surface area contributed by atoms with Gasteiger partial charge in [-0.15, -0.1) is 0 Å². The third kappa shape index (κ3) is 6.95. The molecule has 0 aliphatic heterocycles. The maximum atomic E-state index is 12.7. The van der Waals surface area contributed by atoms with Crippen molar-refractivity contribution < 1.29 is 19.1 Å². The van der Waals surface area contributed by atoms with Crippen LogP contribution < -0.4 is 20.1 Å². The molecule has 3 aromatic rings. The van der Waals surface area contributed by atoms with Gasteiger partial charge in [-0.05, 0) is 73.9 Å². The second kappa shape index (κ2) is 11.5. The zero-order valence-electron chi connectivity index (χ0n) is 20.1. The number of methoxy groups -OCH3 is 1. The summed E-state index contributed by atoms with van der Waals surface area (Å²) in [6.07, 6.45) is 1.47. The molecule has 0 aliphatic carbocycles. The van der Waals surface area contributed by atoms with Crippen molar-refractivity contribution in [1.82, 2.24) is 0 Å². The minimum atomic E-state index is -0.506. The second-order valence-corrected chi connectivity index (χ2v) is 8.06. The molecule has 0 saturated heterocycles. The van der Waals surface area contributed by atoms with Crippen LogP contribution in [0.3, 0.4) is 0 Å². The molecule has 0 fully saturated rings. The number of ether oxygens (including phenoxy) is 2. The number of hydrogen-bond acceptors (Lipinski definition) is 5. The van der Waals surface area contributed by atoms with E-state index in [2.05, 4.69) is 10.6 Å². The Labute approximate surface area is 205 Å². The Balaban J connectivity index is 1.69. The van der Waals surface area contributed by atoms with E-state index >= 15 is 0 Å². The first kappa shape index (κ1) is 25.1. The van der Waals surface area contributed by atoms with Gasteiger partial charge in [-0.2, -0.15) is 5.26 Å². The normalized spacial score (nSPS) is 10.8. The third-order valence-electron chi connectivity index (χ3n) is 5.20. The van der Waals surface area contributed by atoms with Crippen LogP contribution in [0.15, 0.2) is 66.2 Å². The minimum Gasteiger partial charge on any atom is -0.493 e. The van der Waals surface area contributed by atoms with E-state index in [1.54, 1.807) is 18.2 Å². The number of rotatable bonds is 8. The zero-order chi connectivity index (χ0) is 25.4. The number of aryl methyl sites for hydroxylation is 3. The van der Waals surface area contributed by atoms with Crippen molar-refractivity contribution >= 4 is 29.3 Å². The zero-order valence-corrected chi connectivity index (χ0v) is 20.1. The lowest BCUT2D eigenvalue weighted by Gasteiger charge is -2.12. The van der Waals surface area contributed by atoms with Gasteiger partial charge in [0.15, 0.2) is 18.1 Å². The number of anilines is 2. The molecule has 0 heterocycles.